The van der Waals surface area contributed by atoms with E-state index in [-0.39, 0.29) is 0 Å². The highest BCUT2D eigenvalue weighted by molar-refractivity contribution is 6.83. The molecule has 0 aromatic carbocycles. The first kappa shape index (κ1) is 10.6. The standard InChI is InChI=1S/C12H16O2Si/c1-13-15(14-2,11-7-3-4-8-11)12-9-5-6-10-12/h3,5,7-10H,4,6H2,1-2H3. The van der Waals surface area contributed by atoms with Gasteiger partial charge in [0, 0.05) is 14.2 Å². The van der Waals surface area contributed by atoms with Crippen LogP contribution in [-0.4, -0.2) is 22.8 Å². The van der Waals surface area contributed by atoms with Crippen molar-refractivity contribution in [3.8, 4) is 0 Å². The molecule has 0 N–H and O–H groups in total. The van der Waals surface area contributed by atoms with Gasteiger partial charge in [0.1, 0.15) is 0 Å². The first-order chi connectivity index (χ1) is 7.33. The van der Waals surface area contributed by atoms with E-state index in [1.807, 2.05) is 0 Å². The molecule has 0 fully saturated rings. The van der Waals surface area contributed by atoms with Crippen LogP contribution in [0.25, 0.3) is 0 Å². The highest BCUT2D eigenvalue weighted by Crippen LogP contribution is 2.32. The summed E-state index contributed by atoms with van der Waals surface area (Å²) in [6, 6.07) is 0. The molecule has 2 rings (SSSR count). The molecule has 0 spiro atoms. The fraction of sp³-hybridized carbons (Fsp3) is 0.333. The molecule has 0 amide bonds. The summed E-state index contributed by atoms with van der Waals surface area (Å²) in [6.07, 6.45) is 14.9. The van der Waals surface area contributed by atoms with E-state index in [1.165, 1.54) is 10.4 Å². The summed E-state index contributed by atoms with van der Waals surface area (Å²) < 4.78 is 11.5. The monoisotopic (exact) mass is 220 g/mol. The lowest BCUT2D eigenvalue weighted by molar-refractivity contribution is 0.264. The molecule has 0 saturated carbocycles. The average molecular weight is 220 g/mol. The molecule has 80 valence electrons. The molecular formula is C12H16O2Si. The summed E-state index contributed by atoms with van der Waals surface area (Å²) in [7, 11) is 1.16. The van der Waals surface area contributed by atoms with Crippen LogP contribution in [0.15, 0.2) is 46.8 Å². The number of hydrogen-bond acceptors (Lipinski definition) is 2. The van der Waals surface area contributed by atoms with Gasteiger partial charge in [0.05, 0.1) is 0 Å². The maximum absolute atomic E-state index is 5.73. The Balaban J connectivity index is 2.38. The van der Waals surface area contributed by atoms with Crippen molar-refractivity contribution in [2.45, 2.75) is 12.8 Å². The van der Waals surface area contributed by atoms with Gasteiger partial charge >= 0.3 is 8.56 Å². The third-order valence-corrected chi connectivity index (χ3v) is 6.29. The lowest BCUT2D eigenvalue weighted by Gasteiger charge is -2.28. The van der Waals surface area contributed by atoms with Gasteiger partial charge < -0.3 is 8.85 Å². The second kappa shape index (κ2) is 4.31. The molecule has 0 bridgehead atoms. The summed E-state index contributed by atoms with van der Waals surface area (Å²) >= 11 is 0. The minimum atomic E-state index is -2.33. The highest BCUT2D eigenvalue weighted by Gasteiger charge is 2.43. The minimum absolute atomic E-state index is 0.994. The third kappa shape index (κ3) is 1.67. The lowest BCUT2D eigenvalue weighted by atomic mass is 10.5. The Kier molecular flexibility index (Phi) is 3.05. The molecule has 2 aliphatic carbocycles. The predicted molar refractivity (Wildman–Crippen MR) is 63.5 cm³/mol. The van der Waals surface area contributed by atoms with Crippen molar-refractivity contribution in [2.75, 3.05) is 14.2 Å². The zero-order chi connectivity index (χ0) is 10.7. The van der Waals surface area contributed by atoms with Crippen LogP contribution < -0.4 is 0 Å². The van der Waals surface area contributed by atoms with Crippen molar-refractivity contribution in [2.24, 2.45) is 0 Å². The van der Waals surface area contributed by atoms with Gasteiger partial charge in [-0.15, -0.1) is 0 Å². The van der Waals surface area contributed by atoms with E-state index in [4.69, 9.17) is 8.85 Å². The first-order valence-electron chi connectivity index (χ1n) is 5.18. The van der Waals surface area contributed by atoms with E-state index in [0.29, 0.717) is 0 Å². The second-order valence-corrected chi connectivity index (χ2v) is 6.82. The highest BCUT2D eigenvalue weighted by atomic mass is 28.4. The third-order valence-electron chi connectivity index (χ3n) is 2.88. The Morgan fingerprint density at radius 3 is 1.67 bits per heavy atom. The maximum Gasteiger partial charge on any atom is 0.405 e. The van der Waals surface area contributed by atoms with Gasteiger partial charge in [-0.3, -0.25) is 0 Å². The summed E-state index contributed by atoms with van der Waals surface area (Å²) in [5, 5.41) is 2.45. The fourth-order valence-corrected chi connectivity index (χ4v) is 5.02. The molecule has 0 aromatic rings. The normalized spacial score (nSPS) is 19.6. The molecule has 2 aliphatic rings. The SMILES string of the molecule is CO[Si](OC)(C1=CCC=C1)C1=CCC=C1. The zero-order valence-electron chi connectivity index (χ0n) is 9.19. The van der Waals surface area contributed by atoms with Gasteiger partial charge in [-0.2, -0.15) is 0 Å². The second-order valence-electron chi connectivity index (χ2n) is 3.62. The minimum Gasteiger partial charge on any atom is -0.391 e. The van der Waals surface area contributed by atoms with E-state index in [9.17, 15) is 0 Å². The molecule has 0 atom stereocenters. The molecule has 15 heavy (non-hydrogen) atoms. The van der Waals surface area contributed by atoms with Crippen LogP contribution in [0.4, 0.5) is 0 Å². The van der Waals surface area contributed by atoms with Crippen LogP contribution in [0.1, 0.15) is 12.8 Å². The van der Waals surface area contributed by atoms with Crippen molar-refractivity contribution >= 4 is 8.56 Å². The lowest BCUT2D eigenvalue weighted by Crippen LogP contribution is -2.44. The van der Waals surface area contributed by atoms with Crippen LogP contribution in [0.3, 0.4) is 0 Å². The van der Waals surface area contributed by atoms with Crippen LogP contribution >= 0.6 is 0 Å². The van der Waals surface area contributed by atoms with Gasteiger partial charge in [-0.25, -0.2) is 0 Å². The molecule has 0 unspecified atom stereocenters. The molecular weight excluding hydrogens is 204 g/mol. The summed E-state index contributed by atoms with van der Waals surface area (Å²) in [4.78, 5) is 0. The Bertz CT molecular complexity index is 328. The Labute approximate surface area is 91.8 Å². The van der Waals surface area contributed by atoms with Crippen molar-refractivity contribution in [3.63, 3.8) is 0 Å². The summed E-state index contributed by atoms with van der Waals surface area (Å²) in [6.45, 7) is 0. The molecule has 0 saturated heterocycles. The van der Waals surface area contributed by atoms with Crippen LogP contribution in [-0.2, 0) is 8.85 Å². The van der Waals surface area contributed by atoms with Crippen molar-refractivity contribution < 1.29 is 8.85 Å². The summed E-state index contributed by atoms with van der Waals surface area (Å²) in [5.41, 5.74) is 0. The van der Waals surface area contributed by atoms with Gasteiger partial charge in [-0.1, -0.05) is 36.5 Å². The average Bonchev–Trinajstić information content (AvgIpc) is 2.92. The molecule has 0 aromatic heterocycles. The largest absolute Gasteiger partial charge is 0.405 e. The Morgan fingerprint density at radius 1 is 0.933 bits per heavy atom. The zero-order valence-corrected chi connectivity index (χ0v) is 10.2. The van der Waals surface area contributed by atoms with E-state index in [0.717, 1.165) is 12.8 Å². The van der Waals surface area contributed by atoms with E-state index >= 15 is 0 Å². The number of allylic oxidation sites excluding steroid dienone is 8. The van der Waals surface area contributed by atoms with E-state index < -0.39 is 8.56 Å². The molecule has 3 heteroatoms. The first-order valence-corrected chi connectivity index (χ1v) is 7.00. The maximum atomic E-state index is 5.73. The molecule has 0 aliphatic heterocycles. The van der Waals surface area contributed by atoms with Crippen LogP contribution in [0.5, 0.6) is 0 Å². The van der Waals surface area contributed by atoms with E-state index in [2.05, 4.69) is 36.5 Å². The molecule has 0 radical (unpaired) electrons. The van der Waals surface area contributed by atoms with Crippen molar-refractivity contribution in [1.82, 2.24) is 0 Å². The van der Waals surface area contributed by atoms with E-state index in [1.54, 1.807) is 14.2 Å². The quantitative estimate of drug-likeness (QED) is 0.678. The van der Waals surface area contributed by atoms with Gasteiger partial charge in [-0.05, 0) is 23.2 Å². The fourth-order valence-electron chi connectivity index (χ4n) is 2.13. The Hall–Kier alpha value is -0.903. The van der Waals surface area contributed by atoms with Crippen molar-refractivity contribution in [3.05, 3.63) is 46.8 Å². The summed E-state index contributed by atoms with van der Waals surface area (Å²) in [5.74, 6) is 0. The number of hydrogen-bond donors (Lipinski definition) is 0. The topological polar surface area (TPSA) is 18.5 Å². The molecule has 2 nitrogen and oxygen atoms in total. The smallest absolute Gasteiger partial charge is 0.391 e. The predicted octanol–water partition coefficient (Wildman–Crippen LogP) is 2.57. The van der Waals surface area contributed by atoms with Gasteiger partial charge in [0.15, 0.2) is 0 Å². The van der Waals surface area contributed by atoms with Crippen LogP contribution in [0.2, 0.25) is 0 Å². The van der Waals surface area contributed by atoms with Gasteiger partial charge in [0.2, 0.25) is 0 Å². The molecule has 0 heterocycles. The van der Waals surface area contributed by atoms with Crippen LogP contribution in [0, 0.1) is 0 Å². The number of rotatable bonds is 4. The Morgan fingerprint density at radius 2 is 1.40 bits per heavy atom. The van der Waals surface area contributed by atoms with Crippen molar-refractivity contribution in [1.29, 1.82) is 0 Å². The van der Waals surface area contributed by atoms with Gasteiger partial charge in [0.25, 0.3) is 0 Å².